The molecule has 20 heavy (non-hydrogen) atoms. The molecule has 2 aromatic rings. The first kappa shape index (κ1) is 13.2. The van der Waals surface area contributed by atoms with Crippen LogP contribution in [0.3, 0.4) is 0 Å². The molecule has 1 aromatic carbocycles. The summed E-state index contributed by atoms with van der Waals surface area (Å²) in [6.45, 7) is 1.90. The number of rotatable bonds is 3. The third-order valence-corrected chi connectivity index (χ3v) is 4.41. The second-order valence-electron chi connectivity index (χ2n) is 4.73. The lowest BCUT2D eigenvalue weighted by molar-refractivity contribution is 0.0356. The van der Waals surface area contributed by atoms with Crippen molar-refractivity contribution in [2.45, 2.75) is 19.4 Å². The predicted molar refractivity (Wildman–Crippen MR) is 77.2 cm³/mol. The van der Waals surface area contributed by atoms with Crippen LogP contribution in [-0.2, 0) is 4.74 Å². The van der Waals surface area contributed by atoms with Gasteiger partial charge in [0.05, 0.1) is 11.3 Å². The van der Waals surface area contributed by atoms with Crippen LogP contribution in [0.25, 0.3) is 5.69 Å². The van der Waals surface area contributed by atoms with Gasteiger partial charge in [-0.25, -0.2) is 14.5 Å². The summed E-state index contributed by atoms with van der Waals surface area (Å²) in [7, 11) is 0. The van der Waals surface area contributed by atoms with Gasteiger partial charge in [0.2, 0.25) is 0 Å². The molecular formula is C14H15N3O2S. The van der Waals surface area contributed by atoms with Crippen molar-refractivity contribution in [3.63, 3.8) is 0 Å². The van der Waals surface area contributed by atoms with Gasteiger partial charge in [0, 0.05) is 5.75 Å². The van der Waals surface area contributed by atoms with Crippen LogP contribution in [0.1, 0.15) is 22.3 Å². The van der Waals surface area contributed by atoms with Gasteiger partial charge in [-0.15, -0.1) is 0 Å². The van der Waals surface area contributed by atoms with E-state index >= 15 is 0 Å². The monoisotopic (exact) mass is 289 g/mol. The average molecular weight is 289 g/mol. The van der Waals surface area contributed by atoms with Crippen LogP contribution in [0, 0.1) is 6.92 Å². The minimum Gasteiger partial charge on any atom is -0.458 e. The largest absolute Gasteiger partial charge is 0.458 e. The number of carbonyl (C=O) groups excluding carboxylic acids is 1. The highest BCUT2D eigenvalue weighted by Gasteiger charge is 2.21. The maximum Gasteiger partial charge on any atom is 0.338 e. The number of nitrogens with zero attached hydrogens (tertiary/aromatic N) is 3. The molecule has 0 saturated carbocycles. The minimum absolute atomic E-state index is 0.0573. The lowest BCUT2D eigenvalue weighted by atomic mass is 10.1. The molecule has 1 fully saturated rings. The van der Waals surface area contributed by atoms with Crippen LogP contribution in [0.15, 0.2) is 30.9 Å². The number of thioether (sulfide) groups is 1. The van der Waals surface area contributed by atoms with Crippen LogP contribution in [0.4, 0.5) is 0 Å². The molecule has 1 aliphatic heterocycles. The van der Waals surface area contributed by atoms with Gasteiger partial charge in [0.25, 0.3) is 0 Å². The summed E-state index contributed by atoms with van der Waals surface area (Å²) in [6, 6.07) is 5.55. The van der Waals surface area contributed by atoms with Crippen molar-refractivity contribution in [1.29, 1.82) is 0 Å². The Morgan fingerprint density at radius 3 is 3.05 bits per heavy atom. The molecule has 1 saturated heterocycles. The summed E-state index contributed by atoms with van der Waals surface area (Å²) in [5, 5.41) is 4.07. The summed E-state index contributed by atoms with van der Waals surface area (Å²) in [5.41, 5.74) is 2.38. The van der Waals surface area contributed by atoms with E-state index in [1.54, 1.807) is 17.1 Å². The van der Waals surface area contributed by atoms with E-state index in [4.69, 9.17) is 4.74 Å². The van der Waals surface area contributed by atoms with Crippen LogP contribution in [0.2, 0.25) is 0 Å². The van der Waals surface area contributed by atoms with E-state index in [1.807, 2.05) is 30.8 Å². The first-order chi connectivity index (χ1) is 9.74. The molecule has 2 heterocycles. The molecule has 5 nitrogen and oxygen atoms in total. The van der Waals surface area contributed by atoms with E-state index in [9.17, 15) is 4.79 Å². The van der Waals surface area contributed by atoms with E-state index < -0.39 is 0 Å². The summed E-state index contributed by atoms with van der Waals surface area (Å²) in [6.07, 6.45) is 4.12. The van der Waals surface area contributed by atoms with Gasteiger partial charge in [-0.3, -0.25) is 0 Å². The van der Waals surface area contributed by atoms with Crippen molar-refractivity contribution in [1.82, 2.24) is 14.8 Å². The molecular weight excluding hydrogens is 274 g/mol. The Bertz CT molecular complexity index is 607. The van der Waals surface area contributed by atoms with Crippen LogP contribution >= 0.6 is 11.8 Å². The number of hydrogen-bond donors (Lipinski definition) is 0. The summed E-state index contributed by atoms with van der Waals surface area (Å²) < 4.78 is 7.18. The number of carbonyl (C=O) groups is 1. The first-order valence-corrected chi connectivity index (χ1v) is 7.64. The summed E-state index contributed by atoms with van der Waals surface area (Å²) in [5.74, 6) is 1.74. The van der Waals surface area contributed by atoms with Crippen molar-refractivity contribution < 1.29 is 9.53 Å². The lowest BCUT2D eigenvalue weighted by Gasteiger charge is -2.12. The summed E-state index contributed by atoms with van der Waals surface area (Å²) in [4.78, 5) is 16.1. The van der Waals surface area contributed by atoms with Gasteiger partial charge < -0.3 is 4.74 Å². The SMILES string of the molecule is Cc1cc(-n2cncn2)ccc1C(=O)O[C@H]1CCSC1. The van der Waals surface area contributed by atoms with Crippen molar-refractivity contribution in [2.24, 2.45) is 0 Å². The number of aryl methyl sites for hydroxylation is 1. The third-order valence-electron chi connectivity index (χ3n) is 3.27. The van der Waals surface area contributed by atoms with E-state index in [1.165, 1.54) is 6.33 Å². The van der Waals surface area contributed by atoms with Crippen molar-refractivity contribution >= 4 is 17.7 Å². The van der Waals surface area contributed by atoms with Crippen molar-refractivity contribution in [3.8, 4) is 5.69 Å². The Labute approximate surface area is 121 Å². The zero-order chi connectivity index (χ0) is 13.9. The molecule has 6 heteroatoms. The highest BCUT2D eigenvalue weighted by molar-refractivity contribution is 7.99. The lowest BCUT2D eigenvalue weighted by Crippen LogP contribution is -2.18. The molecule has 0 radical (unpaired) electrons. The van der Waals surface area contributed by atoms with E-state index in [-0.39, 0.29) is 12.1 Å². The fourth-order valence-corrected chi connectivity index (χ4v) is 3.28. The average Bonchev–Trinajstić information content (AvgIpc) is 3.11. The standard InChI is InChI=1S/C14H15N3O2S/c1-10-6-11(17-9-15-8-16-17)2-3-13(10)14(18)19-12-4-5-20-7-12/h2-3,6,8-9,12H,4-5,7H2,1H3/t12-/m0/s1. The maximum atomic E-state index is 12.2. The van der Waals surface area contributed by atoms with E-state index in [2.05, 4.69) is 10.1 Å². The van der Waals surface area contributed by atoms with Crippen LogP contribution in [0.5, 0.6) is 0 Å². The number of aromatic nitrogens is 3. The molecule has 0 amide bonds. The van der Waals surface area contributed by atoms with E-state index in [0.29, 0.717) is 5.56 Å². The number of benzene rings is 1. The van der Waals surface area contributed by atoms with Gasteiger partial charge in [0.1, 0.15) is 18.8 Å². The highest BCUT2D eigenvalue weighted by atomic mass is 32.2. The molecule has 1 atom stereocenters. The van der Waals surface area contributed by atoms with Crippen LogP contribution in [-0.4, -0.2) is 38.3 Å². The van der Waals surface area contributed by atoms with Crippen molar-refractivity contribution in [2.75, 3.05) is 11.5 Å². The minimum atomic E-state index is -0.236. The van der Waals surface area contributed by atoms with Gasteiger partial charge in [0.15, 0.2) is 0 Å². The van der Waals surface area contributed by atoms with E-state index in [0.717, 1.165) is 29.2 Å². The van der Waals surface area contributed by atoms with Crippen LogP contribution < -0.4 is 0 Å². The Morgan fingerprint density at radius 2 is 2.40 bits per heavy atom. The maximum absolute atomic E-state index is 12.2. The Kier molecular flexibility index (Phi) is 3.73. The summed E-state index contributed by atoms with van der Waals surface area (Å²) >= 11 is 1.83. The quantitative estimate of drug-likeness (QED) is 0.811. The molecule has 0 aliphatic carbocycles. The number of hydrogen-bond acceptors (Lipinski definition) is 5. The van der Waals surface area contributed by atoms with Gasteiger partial charge in [-0.2, -0.15) is 16.9 Å². The Balaban J connectivity index is 1.78. The van der Waals surface area contributed by atoms with Crippen molar-refractivity contribution in [3.05, 3.63) is 42.0 Å². The molecule has 0 N–H and O–H groups in total. The molecule has 0 spiro atoms. The Morgan fingerprint density at radius 1 is 1.50 bits per heavy atom. The molecule has 0 bridgehead atoms. The Hall–Kier alpha value is -1.82. The first-order valence-electron chi connectivity index (χ1n) is 6.48. The molecule has 0 unspecified atom stereocenters. The predicted octanol–water partition coefficient (Wildman–Crippen LogP) is 2.24. The fourth-order valence-electron chi connectivity index (χ4n) is 2.18. The van der Waals surface area contributed by atoms with Gasteiger partial charge in [-0.1, -0.05) is 0 Å². The molecule has 104 valence electrons. The second kappa shape index (κ2) is 5.66. The third kappa shape index (κ3) is 2.70. The molecule has 3 rings (SSSR count). The zero-order valence-corrected chi connectivity index (χ0v) is 12.0. The molecule has 1 aromatic heterocycles. The second-order valence-corrected chi connectivity index (χ2v) is 5.88. The number of ether oxygens (including phenoxy) is 1. The smallest absolute Gasteiger partial charge is 0.338 e. The number of esters is 1. The highest BCUT2D eigenvalue weighted by Crippen LogP contribution is 2.22. The van der Waals surface area contributed by atoms with Gasteiger partial charge >= 0.3 is 5.97 Å². The van der Waals surface area contributed by atoms with Gasteiger partial charge in [-0.05, 0) is 42.9 Å². The fraction of sp³-hybridized carbons (Fsp3) is 0.357. The normalized spacial score (nSPS) is 18.1. The molecule has 1 aliphatic rings. The topological polar surface area (TPSA) is 57.0 Å². The zero-order valence-electron chi connectivity index (χ0n) is 11.2.